The van der Waals surface area contributed by atoms with Crippen molar-refractivity contribution in [2.45, 2.75) is 13.5 Å². The molecular formula is C18H19ClN4O3. The maximum absolute atomic E-state index is 12.2. The number of carbonyl (C=O) groups excluding carboxylic acids is 2. The number of guanidine groups is 1. The lowest BCUT2D eigenvalue weighted by atomic mass is 10.1. The molecule has 1 aliphatic heterocycles. The summed E-state index contributed by atoms with van der Waals surface area (Å²) in [6, 6.07) is 11.5. The molecule has 1 heterocycles. The summed E-state index contributed by atoms with van der Waals surface area (Å²) in [6.07, 6.45) is 0. The first-order valence-electron chi connectivity index (χ1n) is 7.82. The van der Waals surface area contributed by atoms with E-state index in [0.29, 0.717) is 35.7 Å². The molecule has 0 atom stereocenters. The van der Waals surface area contributed by atoms with Gasteiger partial charge in [-0.05, 0) is 55.0 Å². The lowest BCUT2D eigenvalue weighted by Gasteiger charge is -2.10. The van der Waals surface area contributed by atoms with Gasteiger partial charge in [0.15, 0.2) is 5.96 Å². The van der Waals surface area contributed by atoms with E-state index in [1.807, 2.05) is 6.92 Å². The third-order valence-corrected chi connectivity index (χ3v) is 3.91. The Morgan fingerprint density at radius 3 is 2.50 bits per heavy atom. The van der Waals surface area contributed by atoms with Crippen LogP contribution in [0.3, 0.4) is 0 Å². The van der Waals surface area contributed by atoms with Crippen LogP contribution in [-0.2, 0) is 6.54 Å². The number of nitrogens with two attached hydrogens (primary N) is 2. The van der Waals surface area contributed by atoms with Crippen LogP contribution in [0, 0.1) is 0 Å². The summed E-state index contributed by atoms with van der Waals surface area (Å²) in [4.78, 5) is 30.0. The van der Waals surface area contributed by atoms with Gasteiger partial charge in [-0.2, -0.15) is 0 Å². The van der Waals surface area contributed by atoms with E-state index in [2.05, 4.69) is 4.99 Å². The Labute approximate surface area is 157 Å². The summed E-state index contributed by atoms with van der Waals surface area (Å²) in [5.41, 5.74) is 13.1. The molecule has 0 unspecified atom stereocenters. The second-order valence-corrected chi connectivity index (χ2v) is 5.61. The van der Waals surface area contributed by atoms with Crippen LogP contribution in [0.2, 0.25) is 0 Å². The minimum Gasteiger partial charge on any atom is -0.423 e. The van der Waals surface area contributed by atoms with Crippen LogP contribution >= 0.6 is 12.4 Å². The molecule has 0 fully saturated rings. The van der Waals surface area contributed by atoms with Crippen molar-refractivity contribution in [2.75, 3.05) is 6.54 Å². The first-order chi connectivity index (χ1) is 12.0. The third-order valence-electron chi connectivity index (χ3n) is 3.91. The maximum atomic E-state index is 12.2. The van der Waals surface area contributed by atoms with Gasteiger partial charge in [0.05, 0.1) is 11.3 Å². The van der Waals surface area contributed by atoms with Gasteiger partial charge in [0.2, 0.25) is 0 Å². The highest BCUT2D eigenvalue weighted by Gasteiger charge is 2.26. The molecule has 3 rings (SSSR count). The van der Waals surface area contributed by atoms with Crippen molar-refractivity contribution in [3.8, 4) is 5.75 Å². The Hall–Kier alpha value is -3.06. The van der Waals surface area contributed by atoms with Crippen molar-refractivity contribution in [3.05, 3.63) is 59.2 Å². The normalized spacial score (nSPS) is 12.2. The topological polar surface area (TPSA) is 111 Å². The highest BCUT2D eigenvalue weighted by Crippen LogP contribution is 2.27. The highest BCUT2D eigenvalue weighted by atomic mass is 35.5. The second-order valence-electron chi connectivity index (χ2n) is 5.61. The molecule has 8 heteroatoms. The zero-order valence-electron chi connectivity index (χ0n) is 14.1. The molecule has 1 amide bonds. The number of amides is 1. The lowest BCUT2D eigenvalue weighted by Crippen LogP contribution is -2.22. The van der Waals surface area contributed by atoms with E-state index in [9.17, 15) is 9.59 Å². The maximum Gasteiger partial charge on any atom is 0.343 e. The zero-order valence-corrected chi connectivity index (χ0v) is 15.0. The molecular weight excluding hydrogens is 356 g/mol. The lowest BCUT2D eigenvalue weighted by molar-refractivity contribution is 0.0733. The first-order valence-corrected chi connectivity index (χ1v) is 7.82. The summed E-state index contributed by atoms with van der Waals surface area (Å²) < 4.78 is 5.40. The fourth-order valence-electron chi connectivity index (χ4n) is 2.66. The number of esters is 1. The van der Waals surface area contributed by atoms with Crippen LogP contribution < -0.4 is 16.2 Å². The van der Waals surface area contributed by atoms with Gasteiger partial charge < -0.3 is 21.1 Å². The van der Waals surface area contributed by atoms with Crippen molar-refractivity contribution in [3.63, 3.8) is 0 Å². The molecule has 0 saturated carbocycles. The van der Waals surface area contributed by atoms with Gasteiger partial charge in [-0.1, -0.05) is 0 Å². The number of benzene rings is 2. The van der Waals surface area contributed by atoms with E-state index in [4.69, 9.17) is 16.2 Å². The Morgan fingerprint density at radius 1 is 1.19 bits per heavy atom. The molecule has 0 aromatic heterocycles. The fourth-order valence-corrected chi connectivity index (χ4v) is 2.66. The molecule has 0 bridgehead atoms. The van der Waals surface area contributed by atoms with E-state index in [-0.39, 0.29) is 24.3 Å². The Balaban J connectivity index is 0.00000243. The van der Waals surface area contributed by atoms with Gasteiger partial charge in [-0.3, -0.25) is 4.79 Å². The highest BCUT2D eigenvalue weighted by molar-refractivity contribution is 5.98. The standard InChI is InChI=1S/C18H18N4O3.ClH/c1-2-22-10-12-9-14(7-8-15(12)16(22)23)25-17(24)11-3-5-13(6-4-11)21-18(19)20;/h3-9H,2,10H2,1H3,(H4,19,20,21);1H. The van der Waals surface area contributed by atoms with Gasteiger partial charge in [-0.25, -0.2) is 9.79 Å². The zero-order chi connectivity index (χ0) is 18.0. The number of nitrogens with zero attached hydrogens (tertiary/aromatic N) is 2. The van der Waals surface area contributed by atoms with Gasteiger partial charge in [0.25, 0.3) is 5.91 Å². The number of ether oxygens (including phenoxy) is 1. The molecule has 0 saturated heterocycles. The van der Waals surface area contributed by atoms with Crippen LogP contribution in [0.25, 0.3) is 0 Å². The van der Waals surface area contributed by atoms with Gasteiger partial charge in [0, 0.05) is 18.7 Å². The van der Waals surface area contributed by atoms with Crippen LogP contribution in [0.15, 0.2) is 47.5 Å². The predicted molar refractivity (Wildman–Crippen MR) is 101 cm³/mol. The average Bonchev–Trinajstić information content (AvgIpc) is 2.90. The number of rotatable bonds is 4. The number of fused-ring (bicyclic) bond motifs is 1. The number of aliphatic imine (C=N–C) groups is 1. The number of carbonyl (C=O) groups is 2. The summed E-state index contributed by atoms with van der Waals surface area (Å²) in [5.74, 6) is -0.134. The molecule has 0 radical (unpaired) electrons. The molecule has 1 aliphatic rings. The molecule has 4 N–H and O–H groups in total. The predicted octanol–water partition coefficient (Wildman–Crippen LogP) is 2.21. The molecule has 136 valence electrons. The Bertz CT molecular complexity index is 861. The summed E-state index contributed by atoms with van der Waals surface area (Å²) in [6.45, 7) is 3.10. The quantitative estimate of drug-likeness (QED) is 0.369. The Kier molecular flexibility index (Phi) is 5.84. The van der Waals surface area contributed by atoms with Crippen LogP contribution in [0.1, 0.15) is 33.2 Å². The van der Waals surface area contributed by atoms with Gasteiger partial charge in [0.1, 0.15) is 5.75 Å². The molecule has 0 spiro atoms. The molecule has 2 aromatic rings. The van der Waals surface area contributed by atoms with E-state index < -0.39 is 5.97 Å². The molecule has 26 heavy (non-hydrogen) atoms. The summed E-state index contributed by atoms with van der Waals surface area (Å²) >= 11 is 0. The van der Waals surface area contributed by atoms with Crippen LogP contribution in [0.5, 0.6) is 5.75 Å². The van der Waals surface area contributed by atoms with Crippen LogP contribution in [0.4, 0.5) is 5.69 Å². The monoisotopic (exact) mass is 374 g/mol. The minimum absolute atomic E-state index is 0. The third kappa shape index (κ3) is 3.94. The van der Waals surface area contributed by atoms with Crippen molar-refractivity contribution >= 4 is 35.9 Å². The van der Waals surface area contributed by atoms with Crippen molar-refractivity contribution in [2.24, 2.45) is 16.5 Å². The van der Waals surface area contributed by atoms with Crippen LogP contribution in [-0.4, -0.2) is 29.3 Å². The number of halogens is 1. The first kappa shape index (κ1) is 19.3. The Morgan fingerprint density at radius 2 is 1.88 bits per heavy atom. The minimum atomic E-state index is -0.493. The van der Waals surface area contributed by atoms with Crippen molar-refractivity contribution in [1.82, 2.24) is 4.90 Å². The van der Waals surface area contributed by atoms with Gasteiger partial charge in [-0.15, -0.1) is 12.4 Å². The van der Waals surface area contributed by atoms with Crippen molar-refractivity contribution < 1.29 is 14.3 Å². The average molecular weight is 375 g/mol. The fraction of sp³-hybridized carbons (Fsp3) is 0.167. The van der Waals surface area contributed by atoms with Gasteiger partial charge >= 0.3 is 5.97 Å². The second kappa shape index (κ2) is 7.88. The number of hydrogen-bond donors (Lipinski definition) is 2. The van der Waals surface area contributed by atoms with E-state index in [1.165, 1.54) is 0 Å². The molecule has 2 aromatic carbocycles. The molecule has 0 aliphatic carbocycles. The molecule has 7 nitrogen and oxygen atoms in total. The van der Waals surface area contributed by atoms with E-state index in [0.717, 1.165) is 5.56 Å². The largest absolute Gasteiger partial charge is 0.423 e. The van der Waals surface area contributed by atoms with E-state index >= 15 is 0 Å². The summed E-state index contributed by atoms with van der Waals surface area (Å²) in [7, 11) is 0. The number of hydrogen-bond acceptors (Lipinski definition) is 4. The SMILES string of the molecule is CCN1Cc2cc(OC(=O)c3ccc(N=C(N)N)cc3)ccc2C1=O.Cl. The van der Waals surface area contributed by atoms with Crippen molar-refractivity contribution in [1.29, 1.82) is 0 Å². The van der Waals surface area contributed by atoms with E-state index in [1.54, 1.807) is 47.4 Å². The smallest absolute Gasteiger partial charge is 0.343 e. The summed E-state index contributed by atoms with van der Waals surface area (Å²) in [5, 5.41) is 0.